The second-order valence-corrected chi connectivity index (χ2v) is 5.16. The van der Waals surface area contributed by atoms with E-state index in [0.29, 0.717) is 5.84 Å². The van der Waals surface area contributed by atoms with E-state index in [0.717, 1.165) is 12.8 Å². The van der Waals surface area contributed by atoms with Gasteiger partial charge in [0.05, 0.1) is 5.84 Å². The van der Waals surface area contributed by atoms with Crippen molar-refractivity contribution in [3.63, 3.8) is 0 Å². The number of hydrogen-bond acceptors (Lipinski definition) is 1. The lowest BCUT2D eigenvalue weighted by Crippen LogP contribution is -2.08. The summed E-state index contributed by atoms with van der Waals surface area (Å²) >= 11 is 0. The van der Waals surface area contributed by atoms with Gasteiger partial charge in [0.15, 0.2) is 0 Å². The quantitative estimate of drug-likeness (QED) is 0.265. The predicted molar refractivity (Wildman–Crippen MR) is 77.6 cm³/mol. The second kappa shape index (κ2) is 13.5. The number of nitrogens with one attached hydrogen (secondary N) is 1. The molecular formula is C15H32N2. The van der Waals surface area contributed by atoms with Gasteiger partial charge in [-0.2, -0.15) is 0 Å². The predicted octanol–water partition coefficient (Wildman–Crippen LogP) is 5.01. The lowest BCUT2D eigenvalue weighted by molar-refractivity contribution is 0.545. The molecule has 0 fully saturated rings. The Balaban J connectivity index is 2.91. The van der Waals surface area contributed by atoms with E-state index in [4.69, 9.17) is 11.1 Å². The number of hydrogen-bond donors (Lipinski definition) is 2. The van der Waals surface area contributed by atoms with E-state index in [1.165, 1.54) is 70.6 Å². The molecule has 2 nitrogen and oxygen atoms in total. The molecule has 0 aromatic carbocycles. The molecule has 0 aliphatic heterocycles. The fourth-order valence-electron chi connectivity index (χ4n) is 2.16. The topological polar surface area (TPSA) is 49.9 Å². The van der Waals surface area contributed by atoms with Crippen molar-refractivity contribution in [3.05, 3.63) is 0 Å². The molecule has 3 N–H and O–H groups in total. The maximum atomic E-state index is 7.11. The first-order chi connectivity index (χ1) is 8.27. The number of rotatable bonds is 13. The van der Waals surface area contributed by atoms with Crippen LogP contribution in [0.5, 0.6) is 0 Å². The monoisotopic (exact) mass is 240 g/mol. The van der Waals surface area contributed by atoms with Crippen LogP contribution in [-0.2, 0) is 0 Å². The number of nitrogens with two attached hydrogens (primary N) is 1. The zero-order valence-electron chi connectivity index (χ0n) is 11.8. The van der Waals surface area contributed by atoms with Crippen LogP contribution >= 0.6 is 0 Å². The van der Waals surface area contributed by atoms with Crippen LogP contribution in [0.3, 0.4) is 0 Å². The molecule has 0 amide bonds. The van der Waals surface area contributed by atoms with Crippen LogP contribution in [-0.4, -0.2) is 5.84 Å². The van der Waals surface area contributed by atoms with Crippen LogP contribution in [0.25, 0.3) is 0 Å². The Morgan fingerprint density at radius 2 is 1.06 bits per heavy atom. The maximum absolute atomic E-state index is 7.11. The average Bonchev–Trinajstić information content (AvgIpc) is 2.30. The molecule has 0 aromatic rings. The van der Waals surface area contributed by atoms with E-state index >= 15 is 0 Å². The van der Waals surface area contributed by atoms with E-state index in [1.54, 1.807) is 0 Å². The van der Waals surface area contributed by atoms with Gasteiger partial charge in [0, 0.05) is 6.42 Å². The SMILES string of the molecule is CCCCCCCCCCCCCCC(=N)N. The summed E-state index contributed by atoms with van der Waals surface area (Å²) in [5, 5.41) is 7.11. The zero-order chi connectivity index (χ0) is 12.8. The van der Waals surface area contributed by atoms with E-state index in [2.05, 4.69) is 6.92 Å². The highest BCUT2D eigenvalue weighted by Crippen LogP contribution is 2.12. The molecule has 0 spiro atoms. The molecule has 0 unspecified atom stereocenters. The highest BCUT2D eigenvalue weighted by molar-refractivity contribution is 5.76. The van der Waals surface area contributed by atoms with Gasteiger partial charge in [-0.15, -0.1) is 0 Å². The van der Waals surface area contributed by atoms with Crippen molar-refractivity contribution < 1.29 is 0 Å². The van der Waals surface area contributed by atoms with Crippen LogP contribution in [0.15, 0.2) is 0 Å². The van der Waals surface area contributed by atoms with Crippen molar-refractivity contribution in [3.8, 4) is 0 Å². The van der Waals surface area contributed by atoms with Crippen LogP contribution in [0.2, 0.25) is 0 Å². The molecule has 0 aliphatic carbocycles. The normalized spacial score (nSPS) is 10.6. The summed E-state index contributed by atoms with van der Waals surface area (Å²) in [5.41, 5.74) is 5.31. The van der Waals surface area contributed by atoms with Crippen LogP contribution in [0, 0.1) is 5.41 Å². The van der Waals surface area contributed by atoms with E-state index < -0.39 is 0 Å². The molecule has 0 rings (SSSR count). The molecule has 0 radical (unpaired) electrons. The molecule has 0 aliphatic rings. The largest absolute Gasteiger partial charge is 0.388 e. The molecule has 0 saturated carbocycles. The summed E-state index contributed by atoms with van der Waals surface area (Å²) in [6.45, 7) is 2.27. The van der Waals surface area contributed by atoms with E-state index in [9.17, 15) is 0 Å². The first kappa shape index (κ1) is 16.5. The first-order valence-electron chi connectivity index (χ1n) is 7.60. The smallest absolute Gasteiger partial charge is 0.0905 e. The molecule has 17 heavy (non-hydrogen) atoms. The molecule has 102 valence electrons. The van der Waals surface area contributed by atoms with Gasteiger partial charge >= 0.3 is 0 Å². The molecule has 2 heteroatoms. The highest BCUT2D eigenvalue weighted by Gasteiger charge is 1.94. The van der Waals surface area contributed by atoms with Gasteiger partial charge in [-0.3, -0.25) is 5.41 Å². The van der Waals surface area contributed by atoms with Crippen molar-refractivity contribution in [1.82, 2.24) is 0 Å². The van der Waals surface area contributed by atoms with Crippen LogP contribution < -0.4 is 5.73 Å². The Kier molecular flexibility index (Phi) is 13.1. The highest BCUT2D eigenvalue weighted by atomic mass is 14.7. The van der Waals surface area contributed by atoms with E-state index in [-0.39, 0.29) is 0 Å². The van der Waals surface area contributed by atoms with Crippen LogP contribution in [0.1, 0.15) is 90.4 Å². The van der Waals surface area contributed by atoms with Gasteiger partial charge in [-0.1, -0.05) is 77.6 Å². The minimum absolute atomic E-state index is 0.345. The van der Waals surface area contributed by atoms with Crippen molar-refractivity contribution in [2.45, 2.75) is 90.4 Å². The van der Waals surface area contributed by atoms with Gasteiger partial charge < -0.3 is 5.73 Å². The third kappa shape index (κ3) is 15.5. The fraction of sp³-hybridized carbons (Fsp3) is 0.933. The van der Waals surface area contributed by atoms with Crippen molar-refractivity contribution in [2.24, 2.45) is 5.73 Å². The first-order valence-corrected chi connectivity index (χ1v) is 7.60. The van der Waals surface area contributed by atoms with E-state index in [1.807, 2.05) is 0 Å². The third-order valence-electron chi connectivity index (χ3n) is 3.30. The second-order valence-electron chi connectivity index (χ2n) is 5.16. The van der Waals surface area contributed by atoms with Gasteiger partial charge in [0.25, 0.3) is 0 Å². The van der Waals surface area contributed by atoms with Gasteiger partial charge in [-0.25, -0.2) is 0 Å². The Labute approximate surface area is 108 Å². The minimum Gasteiger partial charge on any atom is -0.388 e. The third-order valence-corrected chi connectivity index (χ3v) is 3.30. The Hall–Kier alpha value is -0.530. The lowest BCUT2D eigenvalue weighted by Gasteiger charge is -2.02. The summed E-state index contributed by atoms with van der Waals surface area (Å²) in [6.07, 6.45) is 17.1. The van der Waals surface area contributed by atoms with Gasteiger partial charge in [-0.05, 0) is 6.42 Å². The van der Waals surface area contributed by atoms with Gasteiger partial charge in [0.1, 0.15) is 0 Å². The minimum atomic E-state index is 0.345. The van der Waals surface area contributed by atoms with Crippen LogP contribution in [0.4, 0.5) is 0 Å². The lowest BCUT2D eigenvalue weighted by atomic mass is 10.0. The molecule has 0 bridgehead atoms. The number of amidine groups is 1. The zero-order valence-corrected chi connectivity index (χ0v) is 11.8. The summed E-state index contributed by atoms with van der Waals surface area (Å²) in [5.74, 6) is 0.345. The fourth-order valence-corrected chi connectivity index (χ4v) is 2.16. The molecule has 0 saturated heterocycles. The van der Waals surface area contributed by atoms with Crippen molar-refractivity contribution in [1.29, 1.82) is 5.41 Å². The molecule has 0 heterocycles. The maximum Gasteiger partial charge on any atom is 0.0905 e. The van der Waals surface area contributed by atoms with Crippen molar-refractivity contribution >= 4 is 5.84 Å². The van der Waals surface area contributed by atoms with Gasteiger partial charge in [0.2, 0.25) is 0 Å². The summed E-state index contributed by atoms with van der Waals surface area (Å²) in [4.78, 5) is 0. The standard InChI is InChI=1S/C15H32N2/c1-2-3-4-5-6-7-8-9-10-11-12-13-14-15(16)17/h2-14H2,1H3,(H3,16,17). The van der Waals surface area contributed by atoms with Crippen molar-refractivity contribution in [2.75, 3.05) is 0 Å². The Morgan fingerprint density at radius 1 is 0.706 bits per heavy atom. The Morgan fingerprint density at radius 3 is 1.41 bits per heavy atom. The summed E-state index contributed by atoms with van der Waals surface area (Å²) in [6, 6.07) is 0. The Bertz CT molecular complexity index is 166. The molecule has 0 aromatic heterocycles. The number of unbranched alkanes of at least 4 members (excludes halogenated alkanes) is 11. The average molecular weight is 240 g/mol. The molecular weight excluding hydrogens is 208 g/mol. The summed E-state index contributed by atoms with van der Waals surface area (Å²) in [7, 11) is 0. The summed E-state index contributed by atoms with van der Waals surface area (Å²) < 4.78 is 0. The molecule has 0 atom stereocenters.